The molecule has 0 bridgehead atoms. The van der Waals surface area contributed by atoms with Gasteiger partial charge in [-0.05, 0) is 23.8 Å². The number of hydrogen-bond acceptors (Lipinski definition) is 2. The van der Waals surface area contributed by atoms with Crippen molar-refractivity contribution in [1.82, 2.24) is 4.57 Å². The SMILES string of the molecule is O=C(O)Cc1cn(Cc2ccccc2Cl)c2ccccc2c1=O. The van der Waals surface area contributed by atoms with Crippen LogP contribution in [0.4, 0.5) is 0 Å². The molecule has 3 rings (SSSR count). The molecule has 0 aliphatic rings. The number of carboxylic acids is 1. The van der Waals surface area contributed by atoms with Gasteiger partial charge in [0.25, 0.3) is 0 Å². The Morgan fingerprint density at radius 2 is 1.74 bits per heavy atom. The van der Waals surface area contributed by atoms with Gasteiger partial charge in [0.2, 0.25) is 0 Å². The maximum absolute atomic E-state index is 12.4. The maximum Gasteiger partial charge on any atom is 0.308 e. The molecule has 23 heavy (non-hydrogen) atoms. The van der Waals surface area contributed by atoms with E-state index in [-0.39, 0.29) is 17.4 Å². The van der Waals surface area contributed by atoms with Crippen LogP contribution in [0.15, 0.2) is 59.5 Å². The summed E-state index contributed by atoms with van der Waals surface area (Å²) in [5, 5.41) is 10.2. The predicted molar refractivity (Wildman–Crippen MR) is 90.1 cm³/mol. The van der Waals surface area contributed by atoms with Gasteiger partial charge in [0.15, 0.2) is 5.43 Å². The highest BCUT2D eigenvalue weighted by molar-refractivity contribution is 6.31. The number of carbonyl (C=O) groups is 1. The van der Waals surface area contributed by atoms with E-state index >= 15 is 0 Å². The van der Waals surface area contributed by atoms with Gasteiger partial charge in [0, 0.05) is 28.7 Å². The number of aliphatic carboxylic acids is 1. The number of hydrogen-bond donors (Lipinski definition) is 1. The average Bonchev–Trinajstić information content (AvgIpc) is 2.53. The van der Waals surface area contributed by atoms with Crippen LogP contribution in [0.1, 0.15) is 11.1 Å². The Morgan fingerprint density at radius 3 is 2.48 bits per heavy atom. The molecule has 3 aromatic rings. The Balaban J connectivity index is 2.19. The highest BCUT2D eigenvalue weighted by Crippen LogP contribution is 2.19. The van der Waals surface area contributed by atoms with Crippen LogP contribution in [0.25, 0.3) is 10.9 Å². The molecule has 1 aromatic heterocycles. The van der Waals surface area contributed by atoms with Gasteiger partial charge in [0.1, 0.15) is 0 Å². The van der Waals surface area contributed by atoms with Crippen LogP contribution in [0.2, 0.25) is 5.02 Å². The molecule has 0 atom stereocenters. The first kappa shape index (κ1) is 15.3. The number of halogens is 1. The second-order valence-corrected chi connectivity index (χ2v) is 5.70. The first-order chi connectivity index (χ1) is 11.1. The summed E-state index contributed by atoms with van der Waals surface area (Å²) in [4.78, 5) is 23.4. The molecule has 0 spiro atoms. The summed E-state index contributed by atoms with van der Waals surface area (Å²) in [6.45, 7) is 0.465. The van der Waals surface area contributed by atoms with E-state index in [1.807, 2.05) is 34.9 Å². The van der Waals surface area contributed by atoms with Gasteiger partial charge in [-0.1, -0.05) is 41.9 Å². The van der Waals surface area contributed by atoms with Gasteiger partial charge in [0.05, 0.1) is 11.9 Å². The van der Waals surface area contributed by atoms with Crippen LogP contribution < -0.4 is 5.43 Å². The monoisotopic (exact) mass is 327 g/mol. The summed E-state index contributed by atoms with van der Waals surface area (Å²) >= 11 is 6.21. The topological polar surface area (TPSA) is 59.3 Å². The van der Waals surface area contributed by atoms with E-state index in [0.29, 0.717) is 17.0 Å². The van der Waals surface area contributed by atoms with E-state index in [1.54, 1.807) is 24.4 Å². The normalized spacial score (nSPS) is 10.8. The van der Waals surface area contributed by atoms with Gasteiger partial charge in [-0.2, -0.15) is 0 Å². The van der Waals surface area contributed by atoms with E-state index in [0.717, 1.165) is 11.1 Å². The number of pyridine rings is 1. The number of fused-ring (bicyclic) bond motifs is 1. The lowest BCUT2D eigenvalue weighted by atomic mass is 10.1. The van der Waals surface area contributed by atoms with Crippen LogP contribution in [-0.4, -0.2) is 15.6 Å². The summed E-state index contributed by atoms with van der Waals surface area (Å²) in [5.74, 6) is -1.03. The standard InChI is InChI=1S/C18H14ClNO3/c19-15-7-3-1-5-12(15)10-20-11-13(9-17(21)22)18(23)14-6-2-4-8-16(14)20/h1-8,11H,9-10H2,(H,21,22). The lowest BCUT2D eigenvalue weighted by Gasteiger charge is -2.14. The van der Waals surface area contributed by atoms with Gasteiger partial charge in [-0.15, -0.1) is 0 Å². The van der Waals surface area contributed by atoms with Crippen LogP contribution in [-0.2, 0) is 17.8 Å². The lowest BCUT2D eigenvalue weighted by molar-refractivity contribution is -0.136. The van der Waals surface area contributed by atoms with E-state index in [2.05, 4.69) is 0 Å². The minimum absolute atomic E-state index is 0.238. The molecule has 5 heteroatoms. The minimum Gasteiger partial charge on any atom is -0.481 e. The molecule has 1 N–H and O–H groups in total. The number of rotatable bonds is 4. The third-order valence-electron chi connectivity index (χ3n) is 3.70. The zero-order valence-electron chi connectivity index (χ0n) is 12.2. The fourth-order valence-electron chi connectivity index (χ4n) is 2.64. The van der Waals surface area contributed by atoms with Crippen LogP contribution in [0.5, 0.6) is 0 Å². The molecular formula is C18H14ClNO3. The van der Waals surface area contributed by atoms with Crippen molar-refractivity contribution in [3.8, 4) is 0 Å². The molecule has 0 aliphatic carbocycles. The second kappa shape index (κ2) is 6.26. The first-order valence-electron chi connectivity index (χ1n) is 7.12. The molecule has 0 saturated heterocycles. The number of aromatic nitrogens is 1. The molecule has 2 aromatic carbocycles. The number of benzene rings is 2. The third kappa shape index (κ3) is 3.12. The number of carboxylic acid groups (broad SMARTS) is 1. The molecule has 0 saturated carbocycles. The summed E-state index contributed by atoms with van der Waals surface area (Å²) in [6, 6.07) is 14.6. The summed E-state index contributed by atoms with van der Waals surface area (Å²) in [7, 11) is 0. The highest BCUT2D eigenvalue weighted by atomic mass is 35.5. The smallest absolute Gasteiger partial charge is 0.308 e. The van der Waals surface area contributed by atoms with E-state index in [4.69, 9.17) is 16.7 Å². The quantitative estimate of drug-likeness (QED) is 0.799. The average molecular weight is 328 g/mol. The van der Waals surface area contributed by atoms with Crippen molar-refractivity contribution in [3.63, 3.8) is 0 Å². The zero-order valence-corrected chi connectivity index (χ0v) is 13.0. The molecule has 1 heterocycles. The van der Waals surface area contributed by atoms with Crippen LogP contribution >= 0.6 is 11.6 Å². The Morgan fingerprint density at radius 1 is 1.04 bits per heavy atom. The Bertz CT molecular complexity index is 946. The largest absolute Gasteiger partial charge is 0.481 e. The highest BCUT2D eigenvalue weighted by Gasteiger charge is 2.12. The van der Waals surface area contributed by atoms with Crippen molar-refractivity contribution < 1.29 is 9.90 Å². The van der Waals surface area contributed by atoms with E-state index in [9.17, 15) is 9.59 Å². The Hall–Kier alpha value is -2.59. The second-order valence-electron chi connectivity index (χ2n) is 5.29. The molecule has 0 radical (unpaired) electrons. The van der Waals surface area contributed by atoms with Crippen molar-refractivity contribution in [3.05, 3.63) is 81.1 Å². The van der Waals surface area contributed by atoms with Gasteiger partial charge in [-0.3, -0.25) is 9.59 Å². The van der Waals surface area contributed by atoms with Crippen LogP contribution in [0.3, 0.4) is 0 Å². The molecule has 0 fully saturated rings. The number of para-hydroxylation sites is 1. The van der Waals surface area contributed by atoms with Crippen molar-refractivity contribution >= 4 is 28.5 Å². The van der Waals surface area contributed by atoms with Gasteiger partial charge in [-0.25, -0.2) is 0 Å². The lowest BCUT2D eigenvalue weighted by Crippen LogP contribution is -2.18. The molecule has 116 valence electrons. The predicted octanol–water partition coefficient (Wildman–Crippen LogP) is 3.33. The van der Waals surface area contributed by atoms with Crippen molar-refractivity contribution in [2.45, 2.75) is 13.0 Å². The Kier molecular flexibility index (Phi) is 4.17. The number of nitrogens with zero attached hydrogens (tertiary/aromatic N) is 1. The maximum atomic E-state index is 12.4. The van der Waals surface area contributed by atoms with E-state index < -0.39 is 5.97 Å². The molecular weight excluding hydrogens is 314 g/mol. The summed E-state index contributed by atoms with van der Waals surface area (Å²) < 4.78 is 1.87. The van der Waals surface area contributed by atoms with Crippen LogP contribution in [0, 0.1) is 0 Å². The summed E-state index contributed by atoms with van der Waals surface area (Å²) in [6.07, 6.45) is 1.31. The van der Waals surface area contributed by atoms with E-state index in [1.165, 1.54) is 0 Å². The minimum atomic E-state index is -1.03. The zero-order chi connectivity index (χ0) is 16.4. The van der Waals surface area contributed by atoms with Gasteiger partial charge >= 0.3 is 5.97 Å². The first-order valence-corrected chi connectivity index (χ1v) is 7.50. The third-order valence-corrected chi connectivity index (χ3v) is 4.07. The molecule has 0 amide bonds. The van der Waals surface area contributed by atoms with Gasteiger partial charge < -0.3 is 9.67 Å². The van der Waals surface area contributed by atoms with Crippen molar-refractivity contribution in [2.24, 2.45) is 0 Å². The van der Waals surface area contributed by atoms with Crippen molar-refractivity contribution in [1.29, 1.82) is 0 Å². The molecule has 0 aliphatic heterocycles. The molecule has 0 unspecified atom stereocenters. The fourth-order valence-corrected chi connectivity index (χ4v) is 2.83. The molecule has 4 nitrogen and oxygen atoms in total. The summed E-state index contributed by atoms with van der Waals surface area (Å²) in [5.41, 5.74) is 1.69. The Labute approximate surface area is 137 Å². The van der Waals surface area contributed by atoms with Crippen molar-refractivity contribution in [2.75, 3.05) is 0 Å². The fraction of sp³-hybridized carbons (Fsp3) is 0.111.